The van der Waals surface area contributed by atoms with Gasteiger partial charge in [-0.25, -0.2) is 4.57 Å². The molecule has 0 aromatic heterocycles. The van der Waals surface area contributed by atoms with Crippen molar-refractivity contribution in [3.8, 4) is 0 Å². The van der Waals surface area contributed by atoms with Gasteiger partial charge in [-0.2, -0.15) is 0 Å². The highest BCUT2D eigenvalue weighted by Gasteiger charge is 2.51. The summed E-state index contributed by atoms with van der Waals surface area (Å²) in [5.74, 6) is -1.15. The van der Waals surface area contributed by atoms with Gasteiger partial charge in [0.2, 0.25) is 0 Å². The molecule has 0 aromatic carbocycles. The summed E-state index contributed by atoms with van der Waals surface area (Å²) in [5, 5.41) is 50.3. The standard InChI is InChI=1S/C53H97O13P/c1-3-5-7-9-11-13-15-17-19-20-21-22-23-24-25-26-28-30-32-34-36-38-40-42-47(55)65-45(44-64-67(61,62)66-53-51(59)49(57)48(56)50(58)52(53)60)43-63-46(54)41-39-37-35-33-31-29-27-18-16-14-12-10-8-6-4-2/h18,26-28,34,36,45,48-53,56-60H,3-17,19-25,29-33,35,37-44H2,1-2H3,(H,61,62)/b27-18+,28-26+,36-34+/t45-,48?,49-,50?,51?,52?,53?/m1/s1. The molecule has 67 heavy (non-hydrogen) atoms. The largest absolute Gasteiger partial charge is 0.472 e. The lowest BCUT2D eigenvalue weighted by molar-refractivity contribution is -0.220. The van der Waals surface area contributed by atoms with Crippen molar-refractivity contribution in [2.45, 2.75) is 275 Å². The Labute approximate surface area is 406 Å². The highest BCUT2D eigenvalue weighted by molar-refractivity contribution is 7.47. The highest BCUT2D eigenvalue weighted by atomic mass is 31.2. The molecule has 1 saturated carbocycles. The van der Waals surface area contributed by atoms with E-state index in [1.165, 1.54) is 128 Å². The molecule has 1 aliphatic rings. The molecule has 1 fully saturated rings. The predicted octanol–water partition coefficient (Wildman–Crippen LogP) is 11.7. The number of allylic oxidation sites excluding steroid dienone is 6. The first-order chi connectivity index (χ1) is 32.4. The Morgan fingerprint density at radius 2 is 0.791 bits per heavy atom. The van der Waals surface area contributed by atoms with Crippen LogP contribution < -0.4 is 0 Å². The Balaban J connectivity index is 2.40. The maximum atomic E-state index is 12.8. The SMILES string of the molecule is CCCCCCCC/C=C/CCCCCCCC(=O)OC[C@H](COP(=O)(O)OC1C(O)C(O)C(O)[C@@H](O)C1O)OC(=O)CCC/C=C/CC/C=C/CCCCCCCCCCCCCCCC. The molecule has 392 valence electrons. The number of carbonyl (C=O) groups excluding carboxylic acids is 2. The first-order valence-electron chi connectivity index (χ1n) is 26.8. The van der Waals surface area contributed by atoms with E-state index >= 15 is 0 Å². The fourth-order valence-corrected chi connectivity index (χ4v) is 9.10. The molecule has 13 nitrogen and oxygen atoms in total. The molecule has 6 N–H and O–H groups in total. The Morgan fingerprint density at radius 3 is 1.22 bits per heavy atom. The molecule has 0 radical (unpaired) electrons. The van der Waals surface area contributed by atoms with Crippen LogP contribution in [0.15, 0.2) is 36.5 Å². The minimum Gasteiger partial charge on any atom is -0.462 e. The van der Waals surface area contributed by atoms with E-state index in [1.54, 1.807) is 0 Å². The van der Waals surface area contributed by atoms with E-state index in [4.69, 9.17) is 18.5 Å². The van der Waals surface area contributed by atoms with E-state index in [0.717, 1.165) is 57.8 Å². The molecule has 0 bridgehead atoms. The molecular weight excluding hydrogens is 876 g/mol. The summed E-state index contributed by atoms with van der Waals surface area (Å²) in [6.45, 7) is 3.29. The number of esters is 2. The molecule has 1 rings (SSSR count). The number of ether oxygens (including phenoxy) is 2. The Morgan fingerprint density at radius 1 is 0.448 bits per heavy atom. The average Bonchev–Trinajstić information content (AvgIpc) is 3.31. The second-order valence-corrected chi connectivity index (χ2v) is 20.1. The normalized spacial score (nSPS) is 21.4. The van der Waals surface area contributed by atoms with Gasteiger partial charge in [0.05, 0.1) is 6.61 Å². The zero-order valence-electron chi connectivity index (χ0n) is 41.9. The fraction of sp³-hybridized carbons (Fsp3) is 0.849. The van der Waals surface area contributed by atoms with Crippen LogP contribution in [0.25, 0.3) is 0 Å². The number of rotatable bonds is 45. The highest BCUT2D eigenvalue weighted by Crippen LogP contribution is 2.47. The molecule has 6 unspecified atom stereocenters. The van der Waals surface area contributed by atoms with Crippen molar-refractivity contribution in [2.24, 2.45) is 0 Å². The molecule has 14 heteroatoms. The molecule has 0 amide bonds. The second kappa shape index (κ2) is 42.9. The zero-order chi connectivity index (χ0) is 49.2. The van der Waals surface area contributed by atoms with Crippen LogP contribution in [0.5, 0.6) is 0 Å². The number of hydrogen-bond acceptors (Lipinski definition) is 12. The molecule has 1 aliphatic carbocycles. The third-order valence-electron chi connectivity index (χ3n) is 12.4. The second-order valence-electron chi connectivity index (χ2n) is 18.7. The van der Waals surface area contributed by atoms with Crippen LogP contribution >= 0.6 is 7.82 Å². The zero-order valence-corrected chi connectivity index (χ0v) is 42.8. The fourth-order valence-electron chi connectivity index (χ4n) is 8.13. The van der Waals surface area contributed by atoms with Gasteiger partial charge in [0.15, 0.2) is 6.10 Å². The molecule has 0 saturated heterocycles. The van der Waals surface area contributed by atoms with Crippen LogP contribution in [0.4, 0.5) is 0 Å². The summed E-state index contributed by atoms with van der Waals surface area (Å²) in [6, 6.07) is 0. The van der Waals surface area contributed by atoms with Gasteiger partial charge in [-0.05, 0) is 70.6 Å². The smallest absolute Gasteiger partial charge is 0.462 e. The van der Waals surface area contributed by atoms with Crippen molar-refractivity contribution in [1.29, 1.82) is 0 Å². The molecular formula is C53H97O13P. The van der Waals surface area contributed by atoms with Crippen molar-refractivity contribution in [1.82, 2.24) is 0 Å². The Kier molecular flexibility index (Phi) is 40.4. The number of aliphatic hydroxyl groups is 5. The third-order valence-corrected chi connectivity index (χ3v) is 13.4. The Hall–Kier alpha value is -1.93. The number of phosphoric ester groups is 1. The lowest BCUT2D eigenvalue weighted by atomic mass is 9.85. The van der Waals surface area contributed by atoms with Crippen LogP contribution in [-0.4, -0.2) is 98.3 Å². The lowest BCUT2D eigenvalue weighted by Gasteiger charge is -2.41. The maximum Gasteiger partial charge on any atom is 0.472 e. The topological polar surface area (TPSA) is 210 Å². The molecule has 0 aliphatic heterocycles. The van der Waals surface area contributed by atoms with Crippen LogP contribution in [-0.2, 0) is 32.7 Å². The van der Waals surface area contributed by atoms with Crippen molar-refractivity contribution in [3.63, 3.8) is 0 Å². The van der Waals surface area contributed by atoms with Gasteiger partial charge in [0, 0.05) is 12.8 Å². The van der Waals surface area contributed by atoms with Crippen LogP contribution in [0, 0.1) is 0 Å². The summed E-state index contributed by atoms with van der Waals surface area (Å²) in [7, 11) is -5.13. The summed E-state index contributed by atoms with van der Waals surface area (Å²) >= 11 is 0. The first-order valence-corrected chi connectivity index (χ1v) is 28.3. The maximum absolute atomic E-state index is 12.8. The van der Waals surface area contributed by atoms with Crippen molar-refractivity contribution in [2.75, 3.05) is 13.2 Å². The minimum absolute atomic E-state index is 0.0364. The van der Waals surface area contributed by atoms with E-state index in [-0.39, 0.29) is 12.8 Å². The van der Waals surface area contributed by atoms with Crippen molar-refractivity contribution < 1.29 is 63.1 Å². The quantitative estimate of drug-likeness (QED) is 0.0145. The van der Waals surface area contributed by atoms with Gasteiger partial charge in [0.1, 0.15) is 43.2 Å². The van der Waals surface area contributed by atoms with Crippen LogP contribution in [0.2, 0.25) is 0 Å². The lowest BCUT2D eigenvalue weighted by Crippen LogP contribution is -2.64. The van der Waals surface area contributed by atoms with Gasteiger partial charge < -0.3 is 39.9 Å². The Bertz CT molecular complexity index is 1310. The van der Waals surface area contributed by atoms with E-state index < -0.39 is 75.7 Å². The van der Waals surface area contributed by atoms with Gasteiger partial charge in [-0.15, -0.1) is 0 Å². The van der Waals surface area contributed by atoms with E-state index in [9.17, 15) is 44.6 Å². The van der Waals surface area contributed by atoms with Gasteiger partial charge in [0.25, 0.3) is 0 Å². The molecule has 0 heterocycles. The summed E-state index contributed by atoms with van der Waals surface area (Å²) < 4.78 is 33.6. The van der Waals surface area contributed by atoms with Gasteiger partial charge in [-0.1, -0.05) is 185 Å². The van der Waals surface area contributed by atoms with Gasteiger partial charge >= 0.3 is 19.8 Å². The predicted molar refractivity (Wildman–Crippen MR) is 267 cm³/mol. The summed E-state index contributed by atoms with van der Waals surface area (Å²) in [5.41, 5.74) is 0. The summed E-state index contributed by atoms with van der Waals surface area (Å²) in [6.07, 6.45) is 37.8. The van der Waals surface area contributed by atoms with Crippen LogP contribution in [0.1, 0.15) is 232 Å². The third kappa shape index (κ3) is 34.9. The summed E-state index contributed by atoms with van der Waals surface area (Å²) in [4.78, 5) is 35.8. The molecule has 8 atom stereocenters. The number of carbonyl (C=O) groups is 2. The van der Waals surface area contributed by atoms with E-state index in [2.05, 4.69) is 44.2 Å². The first kappa shape index (κ1) is 63.1. The minimum atomic E-state index is -5.13. The number of phosphoric acid groups is 1. The average molecular weight is 973 g/mol. The number of aliphatic hydroxyl groups excluding tert-OH is 5. The number of hydrogen-bond donors (Lipinski definition) is 6. The van der Waals surface area contributed by atoms with Gasteiger partial charge in [-0.3, -0.25) is 18.6 Å². The van der Waals surface area contributed by atoms with E-state index in [0.29, 0.717) is 19.3 Å². The molecule has 0 spiro atoms. The van der Waals surface area contributed by atoms with Crippen LogP contribution in [0.3, 0.4) is 0 Å². The molecule has 0 aromatic rings. The number of unbranched alkanes of at least 4 members (excludes halogenated alkanes) is 27. The van der Waals surface area contributed by atoms with Crippen molar-refractivity contribution in [3.05, 3.63) is 36.5 Å². The monoisotopic (exact) mass is 973 g/mol. The van der Waals surface area contributed by atoms with E-state index in [1.807, 2.05) is 6.08 Å². The van der Waals surface area contributed by atoms with Crippen molar-refractivity contribution >= 4 is 19.8 Å².